The highest BCUT2D eigenvalue weighted by Gasteiger charge is 2.11. The first-order chi connectivity index (χ1) is 7.62. The van der Waals surface area contributed by atoms with Gasteiger partial charge in [-0.1, -0.05) is 15.9 Å². The third-order valence-corrected chi connectivity index (χ3v) is 2.72. The van der Waals surface area contributed by atoms with E-state index < -0.39 is 5.97 Å². The largest absolute Gasteiger partial charge is 0.469 e. The van der Waals surface area contributed by atoms with E-state index in [2.05, 4.69) is 20.7 Å². The SMILES string of the molecule is COC(=O)Cc1cc(C=O)c(Br)cc1C#N. The molecule has 82 valence electrons. The van der Waals surface area contributed by atoms with Crippen LogP contribution in [0.3, 0.4) is 0 Å². The predicted octanol–water partition coefficient (Wildman–Crippen LogP) is 1.85. The van der Waals surface area contributed by atoms with Crippen molar-refractivity contribution >= 4 is 28.2 Å². The number of carbonyl (C=O) groups is 2. The second-order valence-corrected chi connectivity index (χ2v) is 3.87. The number of hydrogen-bond acceptors (Lipinski definition) is 4. The fourth-order valence-corrected chi connectivity index (χ4v) is 1.64. The molecule has 0 aromatic heterocycles. The average Bonchev–Trinajstić information content (AvgIpc) is 2.30. The predicted molar refractivity (Wildman–Crippen MR) is 60.0 cm³/mol. The summed E-state index contributed by atoms with van der Waals surface area (Å²) in [6.45, 7) is 0. The first kappa shape index (κ1) is 12.4. The van der Waals surface area contributed by atoms with Gasteiger partial charge in [0, 0.05) is 10.0 Å². The maximum absolute atomic E-state index is 11.1. The van der Waals surface area contributed by atoms with Gasteiger partial charge in [0.05, 0.1) is 25.2 Å². The Morgan fingerprint density at radius 2 is 2.31 bits per heavy atom. The summed E-state index contributed by atoms with van der Waals surface area (Å²) in [6, 6.07) is 4.99. The molecule has 0 aliphatic heterocycles. The maximum Gasteiger partial charge on any atom is 0.310 e. The second-order valence-electron chi connectivity index (χ2n) is 3.01. The van der Waals surface area contributed by atoms with Gasteiger partial charge in [-0.15, -0.1) is 0 Å². The van der Waals surface area contributed by atoms with E-state index in [1.807, 2.05) is 6.07 Å². The maximum atomic E-state index is 11.1. The number of hydrogen-bond donors (Lipinski definition) is 0. The van der Waals surface area contributed by atoms with Gasteiger partial charge in [0.25, 0.3) is 0 Å². The van der Waals surface area contributed by atoms with Crippen molar-refractivity contribution in [2.45, 2.75) is 6.42 Å². The van der Waals surface area contributed by atoms with Crippen molar-refractivity contribution in [1.29, 1.82) is 5.26 Å². The molecule has 1 aromatic rings. The molecule has 0 saturated carbocycles. The van der Waals surface area contributed by atoms with E-state index in [9.17, 15) is 9.59 Å². The lowest BCUT2D eigenvalue weighted by Crippen LogP contribution is -2.06. The van der Waals surface area contributed by atoms with E-state index in [1.54, 1.807) is 0 Å². The number of rotatable bonds is 3. The van der Waals surface area contributed by atoms with E-state index in [4.69, 9.17) is 5.26 Å². The Kier molecular flexibility index (Phi) is 4.20. The Morgan fingerprint density at radius 3 is 2.81 bits per heavy atom. The molecule has 4 nitrogen and oxygen atoms in total. The summed E-state index contributed by atoms with van der Waals surface area (Å²) in [6.07, 6.45) is 0.638. The summed E-state index contributed by atoms with van der Waals surface area (Å²) >= 11 is 3.17. The zero-order valence-corrected chi connectivity index (χ0v) is 10.1. The molecular formula is C11H8BrNO3. The smallest absolute Gasteiger partial charge is 0.310 e. The number of carbonyl (C=O) groups excluding carboxylic acids is 2. The summed E-state index contributed by atoms with van der Waals surface area (Å²) in [7, 11) is 1.27. The Morgan fingerprint density at radius 1 is 1.62 bits per heavy atom. The van der Waals surface area contributed by atoms with Crippen LogP contribution >= 0.6 is 15.9 Å². The fraction of sp³-hybridized carbons (Fsp3) is 0.182. The van der Waals surface area contributed by atoms with Gasteiger partial charge in [0.15, 0.2) is 6.29 Å². The number of methoxy groups -OCH3 is 1. The molecule has 0 radical (unpaired) electrons. The molecule has 0 atom stereocenters. The van der Waals surface area contributed by atoms with Crippen molar-refractivity contribution in [2.75, 3.05) is 7.11 Å². The average molecular weight is 282 g/mol. The van der Waals surface area contributed by atoms with Crippen molar-refractivity contribution in [1.82, 2.24) is 0 Å². The molecule has 0 unspecified atom stereocenters. The normalized spacial score (nSPS) is 9.31. The van der Waals surface area contributed by atoms with Crippen molar-refractivity contribution in [2.24, 2.45) is 0 Å². The van der Waals surface area contributed by atoms with Gasteiger partial charge in [-0.3, -0.25) is 9.59 Å². The fourth-order valence-electron chi connectivity index (χ4n) is 1.21. The summed E-state index contributed by atoms with van der Waals surface area (Å²) in [5.74, 6) is -0.448. The number of esters is 1. The first-order valence-corrected chi connectivity index (χ1v) is 5.16. The second kappa shape index (κ2) is 5.42. The molecule has 1 rings (SSSR count). The van der Waals surface area contributed by atoms with Crippen molar-refractivity contribution in [3.63, 3.8) is 0 Å². The van der Waals surface area contributed by atoms with Gasteiger partial charge in [0.1, 0.15) is 0 Å². The lowest BCUT2D eigenvalue weighted by Gasteiger charge is -2.05. The highest BCUT2D eigenvalue weighted by Crippen LogP contribution is 2.21. The van der Waals surface area contributed by atoms with E-state index in [0.717, 1.165) is 0 Å². The van der Waals surface area contributed by atoms with Crippen LogP contribution in [0.15, 0.2) is 16.6 Å². The van der Waals surface area contributed by atoms with Crippen molar-refractivity contribution in [3.8, 4) is 6.07 Å². The van der Waals surface area contributed by atoms with E-state index in [-0.39, 0.29) is 6.42 Å². The first-order valence-electron chi connectivity index (χ1n) is 4.37. The number of aldehydes is 1. The van der Waals surface area contributed by atoms with Gasteiger partial charge in [-0.2, -0.15) is 5.26 Å². The topological polar surface area (TPSA) is 67.2 Å². The van der Waals surface area contributed by atoms with Crippen LogP contribution in [-0.4, -0.2) is 19.4 Å². The molecule has 0 bridgehead atoms. The summed E-state index contributed by atoms with van der Waals surface area (Å²) in [4.78, 5) is 21.8. The number of nitrogens with zero attached hydrogens (tertiary/aromatic N) is 1. The van der Waals surface area contributed by atoms with Crippen LogP contribution < -0.4 is 0 Å². The van der Waals surface area contributed by atoms with Crippen LogP contribution in [0, 0.1) is 11.3 Å². The van der Waals surface area contributed by atoms with Gasteiger partial charge in [-0.05, 0) is 17.7 Å². The minimum absolute atomic E-state index is 0.0203. The van der Waals surface area contributed by atoms with Crippen LogP contribution in [0.1, 0.15) is 21.5 Å². The van der Waals surface area contributed by atoms with Gasteiger partial charge in [0.2, 0.25) is 0 Å². The van der Waals surface area contributed by atoms with E-state index in [1.165, 1.54) is 19.2 Å². The number of nitriles is 1. The molecule has 0 aliphatic carbocycles. The van der Waals surface area contributed by atoms with Crippen LogP contribution in [0.4, 0.5) is 0 Å². The Labute approximate surface area is 101 Å². The van der Waals surface area contributed by atoms with Gasteiger partial charge >= 0.3 is 5.97 Å². The molecule has 0 heterocycles. The molecule has 5 heteroatoms. The van der Waals surface area contributed by atoms with Crippen LogP contribution in [0.25, 0.3) is 0 Å². The lowest BCUT2D eigenvalue weighted by atomic mass is 10.0. The summed E-state index contributed by atoms with van der Waals surface area (Å²) < 4.78 is 5.04. The molecular weight excluding hydrogens is 274 g/mol. The van der Waals surface area contributed by atoms with Crippen LogP contribution in [0.2, 0.25) is 0 Å². The third-order valence-electron chi connectivity index (χ3n) is 2.03. The van der Waals surface area contributed by atoms with E-state index in [0.29, 0.717) is 27.4 Å². The zero-order chi connectivity index (χ0) is 12.1. The molecule has 0 amide bonds. The minimum Gasteiger partial charge on any atom is -0.469 e. The zero-order valence-electron chi connectivity index (χ0n) is 8.49. The Bertz CT molecular complexity index is 477. The van der Waals surface area contributed by atoms with Crippen molar-refractivity contribution < 1.29 is 14.3 Å². The monoisotopic (exact) mass is 281 g/mol. The molecule has 0 spiro atoms. The molecule has 0 fully saturated rings. The lowest BCUT2D eigenvalue weighted by molar-refractivity contribution is -0.139. The van der Waals surface area contributed by atoms with Crippen LogP contribution in [0.5, 0.6) is 0 Å². The minimum atomic E-state index is -0.448. The standard InChI is InChI=1S/C11H8BrNO3/c1-16-11(15)4-7-2-9(6-14)10(12)3-8(7)5-13/h2-3,6H,4H2,1H3. The van der Waals surface area contributed by atoms with Crippen molar-refractivity contribution in [3.05, 3.63) is 33.3 Å². The van der Waals surface area contributed by atoms with Crippen LogP contribution in [-0.2, 0) is 16.0 Å². The Hall–Kier alpha value is -1.67. The molecule has 0 saturated heterocycles. The molecule has 0 aliphatic rings. The highest BCUT2D eigenvalue weighted by molar-refractivity contribution is 9.10. The van der Waals surface area contributed by atoms with Gasteiger partial charge in [-0.25, -0.2) is 0 Å². The quantitative estimate of drug-likeness (QED) is 0.626. The molecule has 16 heavy (non-hydrogen) atoms. The Balaban J connectivity index is 3.21. The number of halogens is 1. The summed E-state index contributed by atoms with van der Waals surface area (Å²) in [5, 5.41) is 8.88. The third kappa shape index (κ3) is 2.67. The van der Waals surface area contributed by atoms with E-state index >= 15 is 0 Å². The number of ether oxygens (including phenoxy) is 1. The summed E-state index contributed by atoms with van der Waals surface area (Å²) in [5.41, 5.74) is 1.24. The highest BCUT2D eigenvalue weighted by atomic mass is 79.9. The van der Waals surface area contributed by atoms with Gasteiger partial charge < -0.3 is 4.74 Å². The molecule has 1 aromatic carbocycles. The molecule has 0 N–H and O–H groups in total. The number of benzene rings is 1.